The Morgan fingerprint density at radius 2 is 1.88 bits per heavy atom. The van der Waals surface area contributed by atoms with Crippen LogP contribution in [-0.2, 0) is 11.3 Å². The Kier molecular flexibility index (Phi) is 4.12. The van der Waals surface area contributed by atoms with E-state index in [9.17, 15) is 9.90 Å². The van der Waals surface area contributed by atoms with Crippen LogP contribution in [-0.4, -0.2) is 42.7 Å². The van der Waals surface area contributed by atoms with Crippen molar-refractivity contribution in [3.63, 3.8) is 0 Å². The highest BCUT2D eigenvalue weighted by Gasteiger charge is 2.50. The number of carbonyl (C=O) groups excluding carboxylic acids is 1. The first-order valence-electron chi connectivity index (χ1n) is 9.01. The van der Waals surface area contributed by atoms with Gasteiger partial charge in [-0.05, 0) is 43.2 Å². The maximum absolute atomic E-state index is 13.2. The minimum Gasteiger partial charge on any atom is -0.496 e. The van der Waals surface area contributed by atoms with Gasteiger partial charge in [-0.1, -0.05) is 0 Å². The molecule has 136 valence electrons. The molecule has 1 heterocycles. The summed E-state index contributed by atoms with van der Waals surface area (Å²) in [7, 11) is 3.18. The van der Waals surface area contributed by atoms with Gasteiger partial charge in [0.25, 0.3) is 0 Å². The Morgan fingerprint density at radius 3 is 2.52 bits per heavy atom. The Morgan fingerprint density at radius 1 is 1.20 bits per heavy atom. The van der Waals surface area contributed by atoms with E-state index in [0.717, 1.165) is 30.4 Å². The second-order valence-electron chi connectivity index (χ2n) is 7.53. The molecular formula is C19H26N2O4. The quantitative estimate of drug-likeness (QED) is 0.865. The Balaban J connectivity index is 1.64. The van der Waals surface area contributed by atoms with Gasteiger partial charge in [-0.3, -0.25) is 4.79 Å². The molecule has 25 heavy (non-hydrogen) atoms. The molecule has 2 aliphatic carbocycles. The maximum Gasteiger partial charge on any atom is 0.227 e. The van der Waals surface area contributed by atoms with E-state index in [4.69, 9.17) is 15.2 Å². The molecule has 2 saturated carbocycles. The zero-order valence-electron chi connectivity index (χ0n) is 14.8. The Labute approximate surface area is 147 Å². The molecule has 6 nitrogen and oxygen atoms in total. The molecule has 0 aromatic heterocycles. The number of ether oxygens (including phenoxy) is 2. The average Bonchev–Trinajstić information content (AvgIpc) is 3.21. The second kappa shape index (κ2) is 6.18. The van der Waals surface area contributed by atoms with Crippen LogP contribution < -0.4 is 15.2 Å². The van der Waals surface area contributed by atoms with Gasteiger partial charge in [0, 0.05) is 23.7 Å². The summed E-state index contributed by atoms with van der Waals surface area (Å²) in [5, 5.41) is 10.7. The highest BCUT2D eigenvalue weighted by Crippen LogP contribution is 2.49. The number of carbonyl (C=O) groups is 1. The van der Waals surface area contributed by atoms with Crippen LogP contribution in [0.4, 0.5) is 0 Å². The maximum atomic E-state index is 13.2. The van der Waals surface area contributed by atoms with E-state index in [1.807, 2.05) is 6.07 Å². The number of benzene rings is 1. The molecule has 1 aromatic carbocycles. The number of nitrogens with zero attached hydrogens (tertiary/aromatic N) is 1. The van der Waals surface area contributed by atoms with Gasteiger partial charge in [0.15, 0.2) is 0 Å². The first kappa shape index (κ1) is 16.7. The molecule has 1 aliphatic heterocycles. The number of aliphatic hydroxyl groups excluding tert-OH is 1. The molecule has 0 saturated heterocycles. The van der Waals surface area contributed by atoms with Crippen molar-refractivity contribution in [2.24, 2.45) is 23.5 Å². The normalized spacial score (nSPS) is 33.3. The summed E-state index contributed by atoms with van der Waals surface area (Å²) in [5.74, 6) is 2.16. The molecule has 0 spiro atoms. The molecule has 0 radical (unpaired) electrons. The van der Waals surface area contributed by atoms with Crippen LogP contribution in [0.2, 0.25) is 0 Å². The summed E-state index contributed by atoms with van der Waals surface area (Å²) < 4.78 is 10.9. The molecule has 1 amide bonds. The first-order chi connectivity index (χ1) is 12.0. The van der Waals surface area contributed by atoms with Gasteiger partial charge < -0.3 is 25.2 Å². The third kappa shape index (κ3) is 2.50. The lowest BCUT2D eigenvalue weighted by Gasteiger charge is -2.38. The summed E-state index contributed by atoms with van der Waals surface area (Å²) in [6.45, 7) is 0.697. The zero-order valence-corrected chi connectivity index (χ0v) is 14.8. The van der Waals surface area contributed by atoms with Crippen LogP contribution in [0.15, 0.2) is 12.1 Å². The van der Waals surface area contributed by atoms with E-state index >= 15 is 0 Å². The summed E-state index contributed by atoms with van der Waals surface area (Å²) in [6, 6.07) is 3.57. The molecule has 1 aromatic rings. The molecule has 5 unspecified atom stereocenters. The number of hydrogen-bond donors (Lipinski definition) is 2. The van der Waals surface area contributed by atoms with Gasteiger partial charge in [-0.2, -0.15) is 0 Å². The first-order valence-corrected chi connectivity index (χ1v) is 9.01. The smallest absolute Gasteiger partial charge is 0.227 e. The second-order valence-corrected chi connectivity index (χ2v) is 7.53. The van der Waals surface area contributed by atoms with Crippen LogP contribution in [0.1, 0.15) is 36.5 Å². The van der Waals surface area contributed by atoms with Crippen LogP contribution >= 0.6 is 0 Å². The van der Waals surface area contributed by atoms with Crippen molar-refractivity contribution in [3.8, 4) is 11.5 Å². The van der Waals surface area contributed by atoms with Gasteiger partial charge in [0.1, 0.15) is 17.6 Å². The minimum atomic E-state index is -0.785. The number of aliphatic hydroxyl groups is 1. The summed E-state index contributed by atoms with van der Waals surface area (Å²) in [4.78, 5) is 14.9. The molecule has 2 bridgehead atoms. The predicted octanol–water partition coefficient (Wildman–Crippen LogP) is 1.45. The summed E-state index contributed by atoms with van der Waals surface area (Å²) in [6.07, 6.45) is 2.53. The largest absolute Gasteiger partial charge is 0.496 e. The zero-order chi connectivity index (χ0) is 17.7. The lowest BCUT2D eigenvalue weighted by Crippen LogP contribution is -2.49. The predicted molar refractivity (Wildman–Crippen MR) is 92.2 cm³/mol. The Bertz CT molecular complexity index is 690. The third-order valence-electron chi connectivity index (χ3n) is 6.37. The molecule has 5 atom stereocenters. The molecule has 3 N–H and O–H groups in total. The van der Waals surface area contributed by atoms with Crippen molar-refractivity contribution >= 4 is 5.91 Å². The topological polar surface area (TPSA) is 85.0 Å². The van der Waals surface area contributed by atoms with Gasteiger partial charge in [-0.15, -0.1) is 0 Å². The fourth-order valence-corrected chi connectivity index (χ4v) is 5.16. The standard InChI is InChI=1S/C19H26N2O4/c1-24-14-5-6-15(25-2)17-12(14)8-21(9-13(17)22)19(23)16-10-3-4-11(7-10)18(16)20/h5-6,10-11,13,16,18,22H,3-4,7-9,20H2,1-2H3. The summed E-state index contributed by atoms with van der Waals surface area (Å²) >= 11 is 0. The third-order valence-corrected chi connectivity index (χ3v) is 6.37. The minimum absolute atomic E-state index is 0.0444. The number of fused-ring (bicyclic) bond motifs is 3. The van der Waals surface area contributed by atoms with Crippen molar-refractivity contribution in [1.82, 2.24) is 4.90 Å². The van der Waals surface area contributed by atoms with E-state index in [2.05, 4.69) is 0 Å². The molecule has 4 rings (SSSR count). The number of rotatable bonds is 3. The number of β-amino-alcohol motifs (C(OH)–C–C–N with tert-alkyl or cyclic N) is 1. The molecule has 2 fully saturated rings. The number of hydrogen-bond acceptors (Lipinski definition) is 5. The molecule has 3 aliphatic rings. The van der Waals surface area contributed by atoms with E-state index in [0.29, 0.717) is 29.9 Å². The number of methoxy groups -OCH3 is 2. The molecule has 6 heteroatoms. The lowest BCUT2D eigenvalue weighted by atomic mass is 9.83. The summed E-state index contributed by atoms with van der Waals surface area (Å²) in [5.41, 5.74) is 7.90. The van der Waals surface area contributed by atoms with E-state index in [-0.39, 0.29) is 24.4 Å². The number of nitrogens with two attached hydrogens (primary N) is 1. The monoisotopic (exact) mass is 346 g/mol. The van der Waals surface area contributed by atoms with Crippen molar-refractivity contribution in [3.05, 3.63) is 23.3 Å². The van der Waals surface area contributed by atoms with E-state index < -0.39 is 6.10 Å². The average molecular weight is 346 g/mol. The fourth-order valence-electron chi connectivity index (χ4n) is 5.16. The SMILES string of the molecule is COc1ccc(OC)c2c1CN(C(=O)C1C3CCC(C3)C1N)CC2O. The number of amides is 1. The van der Waals surface area contributed by atoms with Crippen molar-refractivity contribution in [2.75, 3.05) is 20.8 Å². The van der Waals surface area contributed by atoms with Crippen molar-refractivity contribution in [2.45, 2.75) is 38.0 Å². The van der Waals surface area contributed by atoms with Crippen LogP contribution in [0.3, 0.4) is 0 Å². The van der Waals surface area contributed by atoms with Crippen LogP contribution in [0.5, 0.6) is 11.5 Å². The van der Waals surface area contributed by atoms with E-state index in [1.54, 1.807) is 25.2 Å². The van der Waals surface area contributed by atoms with Gasteiger partial charge in [0.2, 0.25) is 5.91 Å². The highest BCUT2D eigenvalue weighted by atomic mass is 16.5. The van der Waals surface area contributed by atoms with Crippen LogP contribution in [0, 0.1) is 17.8 Å². The van der Waals surface area contributed by atoms with Gasteiger partial charge in [0.05, 0.1) is 26.7 Å². The van der Waals surface area contributed by atoms with Crippen molar-refractivity contribution < 1.29 is 19.4 Å². The Hall–Kier alpha value is -1.79. The highest BCUT2D eigenvalue weighted by molar-refractivity contribution is 5.81. The molecular weight excluding hydrogens is 320 g/mol. The van der Waals surface area contributed by atoms with E-state index in [1.165, 1.54) is 0 Å². The van der Waals surface area contributed by atoms with Gasteiger partial charge in [-0.25, -0.2) is 0 Å². The van der Waals surface area contributed by atoms with Gasteiger partial charge >= 0.3 is 0 Å². The fraction of sp³-hybridized carbons (Fsp3) is 0.632. The van der Waals surface area contributed by atoms with Crippen molar-refractivity contribution in [1.29, 1.82) is 0 Å². The van der Waals surface area contributed by atoms with Crippen LogP contribution in [0.25, 0.3) is 0 Å². The lowest BCUT2D eigenvalue weighted by molar-refractivity contribution is -0.140.